The number of aryl methyl sites for hydroxylation is 1. The van der Waals surface area contributed by atoms with Gasteiger partial charge in [-0.05, 0) is 42.3 Å². The van der Waals surface area contributed by atoms with Crippen molar-refractivity contribution in [3.63, 3.8) is 0 Å². The standard InChI is InChI=1S/C14H12Br2O/c1-10-7-11(9-15)5-6-14(10)17-13-4-2-3-12(16)8-13/h2-8H,9H2,1H3. The number of halogens is 2. The highest BCUT2D eigenvalue weighted by Crippen LogP contribution is 2.27. The zero-order valence-corrected chi connectivity index (χ0v) is 12.6. The van der Waals surface area contributed by atoms with Crippen LogP contribution in [0.4, 0.5) is 0 Å². The fourth-order valence-corrected chi connectivity index (χ4v) is 2.29. The lowest BCUT2D eigenvalue weighted by Gasteiger charge is -2.09. The molecule has 0 atom stereocenters. The molecule has 0 aromatic heterocycles. The van der Waals surface area contributed by atoms with Crippen LogP contribution in [0.2, 0.25) is 0 Å². The Morgan fingerprint density at radius 3 is 2.59 bits per heavy atom. The quantitative estimate of drug-likeness (QED) is 0.665. The van der Waals surface area contributed by atoms with Gasteiger partial charge in [-0.1, -0.05) is 50.1 Å². The first-order valence-electron chi connectivity index (χ1n) is 5.28. The van der Waals surface area contributed by atoms with Crippen LogP contribution in [-0.4, -0.2) is 0 Å². The van der Waals surface area contributed by atoms with E-state index in [-0.39, 0.29) is 0 Å². The maximum absolute atomic E-state index is 5.84. The van der Waals surface area contributed by atoms with Crippen molar-refractivity contribution in [1.29, 1.82) is 0 Å². The minimum absolute atomic E-state index is 0.842. The van der Waals surface area contributed by atoms with Crippen molar-refractivity contribution in [1.82, 2.24) is 0 Å². The second-order valence-corrected chi connectivity index (χ2v) is 5.27. The van der Waals surface area contributed by atoms with Crippen molar-refractivity contribution in [2.24, 2.45) is 0 Å². The average Bonchev–Trinajstić information content (AvgIpc) is 2.32. The van der Waals surface area contributed by atoms with E-state index < -0.39 is 0 Å². The summed E-state index contributed by atoms with van der Waals surface area (Å²) >= 11 is 6.88. The van der Waals surface area contributed by atoms with Crippen LogP contribution >= 0.6 is 31.9 Å². The van der Waals surface area contributed by atoms with Gasteiger partial charge in [-0.15, -0.1) is 0 Å². The third-order valence-corrected chi connectivity index (χ3v) is 3.56. The van der Waals surface area contributed by atoms with E-state index in [2.05, 4.69) is 50.9 Å². The van der Waals surface area contributed by atoms with Crippen LogP contribution in [0.1, 0.15) is 11.1 Å². The zero-order chi connectivity index (χ0) is 12.3. The number of hydrogen-bond donors (Lipinski definition) is 0. The Kier molecular flexibility index (Phi) is 4.24. The Hall–Kier alpha value is -0.800. The molecule has 0 aliphatic heterocycles. The summed E-state index contributed by atoms with van der Waals surface area (Å²) in [7, 11) is 0. The first-order chi connectivity index (χ1) is 8.19. The van der Waals surface area contributed by atoms with Crippen LogP contribution in [0, 0.1) is 6.92 Å². The lowest BCUT2D eigenvalue weighted by atomic mass is 10.1. The Bertz CT molecular complexity index is 523. The predicted octanol–water partition coefficient (Wildman–Crippen LogP) is 5.44. The molecule has 0 aliphatic carbocycles. The normalized spacial score (nSPS) is 10.3. The fourth-order valence-electron chi connectivity index (χ4n) is 1.57. The summed E-state index contributed by atoms with van der Waals surface area (Å²) in [5.41, 5.74) is 2.39. The molecule has 0 unspecified atom stereocenters. The minimum Gasteiger partial charge on any atom is -0.457 e. The number of alkyl halides is 1. The Balaban J connectivity index is 2.24. The fraction of sp³-hybridized carbons (Fsp3) is 0.143. The summed E-state index contributed by atoms with van der Waals surface area (Å²) in [6, 6.07) is 14.0. The highest BCUT2D eigenvalue weighted by molar-refractivity contribution is 9.10. The van der Waals surface area contributed by atoms with Crippen molar-refractivity contribution in [3.05, 3.63) is 58.1 Å². The van der Waals surface area contributed by atoms with Gasteiger partial charge in [0, 0.05) is 9.80 Å². The summed E-state index contributed by atoms with van der Waals surface area (Å²) < 4.78 is 6.86. The molecule has 0 amide bonds. The number of benzene rings is 2. The van der Waals surface area contributed by atoms with Crippen LogP contribution < -0.4 is 4.74 Å². The average molecular weight is 356 g/mol. The van der Waals surface area contributed by atoms with Crippen molar-refractivity contribution in [2.45, 2.75) is 12.3 Å². The van der Waals surface area contributed by atoms with Crippen molar-refractivity contribution in [3.8, 4) is 11.5 Å². The predicted molar refractivity (Wildman–Crippen MR) is 78.0 cm³/mol. The zero-order valence-electron chi connectivity index (χ0n) is 9.41. The molecule has 0 saturated heterocycles. The van der Waals surface area contributed by atoms with Crippen molar-refractivity contribution < 1.29 is 4.74 Å². The SMILES string of the molecule is Cc1cc(CBr)ccc1Oc1cccc(Br)c1. The molecule has 2 rings (SSSR count). The van der Waals surface area contributed by atoms with Gasteiger partial charge in [0.1, 0.15) is 11.5 Å². The van der Waals surface area contributed by atoms with Gasteiger partial charge in [0.2, 0.25) is 0 Å². The van der Waals surface area contributed by atoms with E-state index in [0.29, 0.717) is 0 Å². The van der Waals surface area contributed by atoms with Crippen LogP contribution in [-0.2, 0) is 5.33 Å². The molecule has 0 saturated carbocycles. The third kappa shape index (κ3) is 3.33. The van der Waals surface area contributed by atoms with E-state index in [9.17, 15) is 0 Å². The van der Waals surface area contributed by atoms with E-state index in [1.165, 1.54) is 5.56 Å². The van der Waals surface area contributed by atoms with Crippen LogP contribution in [0.3, 0.4) is 0 Å². The molecule has 2 aromatic carbocycles. The molecule has 0 radical (unpaired) electrons. The minimum atomic E-state index is 0.842. The number of ether oxygens (including phenoxy) is 1. The molecule has 88 valence electrons. The second-order valence-electron chi connectivity index (χ2n) is 3.79. The second kappa shape index (κ2) is 5.69. The molecule has 0 fully saturated rings. The highest BCUT2D eigenvalue weighted by atomic mass is 79.9. The first-order valence-corrected chi connectivity index (χ1v) is 7.19. The maximum Gasteiger partial charge on any atom is 0.130 e. The van der Waals surface area contributed by atoms with Gasteiger partial charge in [0.25, 0.3) is 0 Å². The van der Waals surface area contributed by atoms with Gasteiger partial charge in [-0.3, -0.25) is 0 Å². The monoisotopic (exact) mass is 354 g/mol. The van der Waals surface area contributed by atoms with Gasteiger partial charge in [-0.25, -0.2) is 0 Å². The highest BCUT2D eigenvalue weighted by Gasteiger charge is 2.02. The lowest BCUT2D eigenvalue weighted by molar-refractivity contribution is 0.478. The van der Waals surface area contributed by atoms with Gasteiger partial charge in [-0.2, -0.15) is 0 Å². The van der Waals surface area contributed by atoms with Gasteiger partial charge in [0.05, 0.1) is 0 Å². The molecule has 0 bridgehead atoms. The van der Waals surface area contributed by atoms with Gasteiger partial charge < -0.3 is 4.74 Å². The molecule has 0 spiro atoms. The molecular weight excluding hydrogens is 344 g/mol. The van der Waals surface area contributed by atoms with E-state index in [1.807, 2.05) is 30.3 Å². The molecule has 0 aliphatic rings. The summed E-state index contributed by atoms with van der Waals surface area (Å²) in [5.74, 6) is 1.74. The number of hydrogen-bond acceptors (Lipinski definition) is 1. The van der Waals surface area contributed by atoms with E-state index in [1.54, 1.807) is 0 Å². The summed E-state index contributed by atoms with van der Waals surface area (Å²) in [6.45, 7) is 2.06. The largest absolute Gasteiger partial charge is 0.457 e. The van der Waals surface area contributed by atoms with E-state index >= 15 is 0 Å². The molecular formula is C14H12Br2O. The smallest absolute Gasteiger partial charge is 0.130 e. The Morgan fingerprint density at radius 2 is 1.94 bits per heavy atom. The van der Waals surface area contributed by atoms with E-state index in [0.717, 1.165) is 26.9 Å². The van der Waals surface area contributed by atoms with Crippen molar-refractivity contribution in [2.75, 3.05) is 0 Å². The molecule has 1 nitrogen and oxygen atoms in total. The molecule has 3 heteroatoms. The molecule has 0 N–H and O–H groups in total. The van der Waals surface area contributed by atoms with Crippen LogP contribution in [0.5, 0.6) is 11.5 Å². The Labute approximate surface area is 118 Å². The molecule has 0 heterocycles. The third-order valence-electron chi connectivity index (χ3n) is 2.42. The Morgan fingerprint density at radius 1 is 1.12 bits per heavy atom. The lowest BCUT2D eigenvalue weighted by Crippen LogP contribution is -1.89. The van der Waals surface area contributed by atoms with Gasteiger partial charge >= 0.3 is 0 Å². The van der Waals surface area contributed by atoms with Crippen LogP contribution in [0.15, 0.2) is 46.9 Å². The summed E-state index contributed by atoms with van der Waals surface area (Å²) in [4.78, 5) is 0. The van der Waals surface area contributed by atoms with Crippen LogP contribution in [0.25, 0.3) is 0 Å². The molecule has 2 aromatic rings. The van der Waals surface area contributed by atoms with E-state index in [4.69, 9.17) is 4.74 Å². The topological polar surface area (TPSA) is 9.23 Å². The summed E-state index contributed by atoms with van der Waals surface area (Å²) in [6.07, 6.45) is 0. The summed E-state index contributed by atoms with van der Waals surface area (Å²) in [5, 5.41) is 0.866. The molecule has 17 heavy (non-hydrogen) atoms. The van der Waals surface area contributed by atoms with Gasteiger partial charge in [0.15, 0.2) is 0 Å². The first kappa shape index (κ1) is 12.7. The van der Waals surface area contributed by atoms with Crippen molar-refractivity contribution >= 4 is 31.9 Å². The number of rotatable bonds is 3. The maximum atomic E-state index is 5.84.